The van der Waals surface area contributed by atoms with Crippen LogP contribution in [0.4, 0.5) is 0 Å². The average molecular weight is 647 g/mol. The Morgan fingerprint density at radius 3 is 2.34 bits per heavy atom. The Kier molecular flexibility index (Phi) is 5.99. The molecule has 3 fully saturated rings. The number of halogens is 2. The first-order valence-electron chi connectivity index (χ1n) is 11.9. The molecule has 8 heteroatoms. The van der Waals surface area contributed by atoms with Crippen molar-refractivity contribution in [2.75, 3.05) is 6.61 Å². The van der Waals surface area contributed by atoms with E-state index >= 15 is 0 Å². The fraction of sp³-hybridized carbons (Fsp3) is 0.370. The van der Waals surface area contributed by atoms with Crippen LogP contribution in [0.25, 0.3) is 0 Å². The van der Waals surface area contributed by atoms with Crippen molar-refractivity contribution in [3.63, 3.8) is 0 Å². The molecule has 0 spiro atoms. The SMILES string of the molecule is CCOc1cc(/C=N\N2C(=O)[C@@H]3[C@H]4C=C[C@@H]([C@@H]5C[C@@H]45)[C@@H]3C2=O)cc(I)c1OCc1ccc(Br)cc1. The lowest BCUT2D eigenvalue weighted by Gasteiger charge is -2.37. The van der Waals surface area contributed by atoms with Crippen LogP contribution in [0.1, 0.15) is 24.5 Å². The summed E-state index contributed by atoms with van der Waals surface area (Å²) in [5.74, 6) is 2.00. The Morgan fingerprint density at radius 2 is 1.71 bits per heavy atom. The highest BCUT2D eigenvalue weighted by atomic mass is 127. The molecule has 6 nitrogen and oxygen atoms in total. The molecule has 1 aliphatic heterocycles. The summed E-state index contributed by atoms with van der Waals surface area (Å²) in [5, 5.41) is 5.48. The third-order valence-corrected chi connectivity index (χ3v) is 8.92. The largest absolute Gasteiger partial charge is 0.490 e. The normalized spacial score (nSPS) is 30.1. The summed E-state index contributed by atoms with van der Waals surface area (Å²) >= 11 is 5.66. The third kappa shape index (κ3) is 4.02. The number of hydrazone groups is 1. The Bertz CT molecular complexity index is 1220. The van der Waals surface area contributed by atoms with Crippen molar-refractivity contribution in [2.45, 2.75) is 20.0 Å². The lowest BCUT2D eigenvalue weighted by molar-refractivity contribution is -0.140. The second-order valence-corrected chi connectivity index (χ2v) is 11.6. The molecule has 6 atom stereocenters. The summed E-state index contributed by atoms with van der Waals surface area (Å²) in [4.78, 5) is 26.3. The van der Waals surface area contributed by atoms with Gasteiger partial charge in [-0.3, -0.25) is 9.59 Å². The number of ether oxygens (including phenoxy) is 2. The first-order chi connectivity index (χ1) is 17.0. The second-order valence-electron chi connectivity index (χ2n) is 9.57. The molecule has 180 valence electrons. The average Bonchev–Trinajstić information content (AvgIpc) is 3.63. The van der Waals surface area contributed by atoms with Crippen LogP contribution < -0.4 is 9.47 Å². The van der Waals surface area contributed by atoms with Gasteiger partial charge in [0.2, 0.25) is 0 Å². The van der Waals surface area contributed by atoms with Crippen molar-refractivity contribution in [1.29, 1.82) is 0 Å². The van der Waals surface area contributed by atoms with Gasteiger partial charge in [-0.1, -0.05) is 40.2 Å². The maximum atomic E-state index is 13.2. The molecular formula is C27H24BrIN2O4. The summed E-state index contributed by atoms with van der Waals surface area (Å²) < 4.78 is 13.8. The maximum Gasteiger partial charge on any atom is 0.254 e. The monoisotopic (exact) mass is 646 g/mol. The van der Waals surface area contributed by atoms with Crippen molar-refractivity contribution < 1.29 is 19.1 Å². The van der Waals surface area contributed by atoms with E-state index in [2.05, 4.69) is 55.8 Å². The smallest absolute Gasteiger partial charge is 0.254 e. The molecule has 1 saturated heterocycles. The number of hydrogen-bond acceptors (Lipinski definition) is 5. The van der Waals surface area contributed by atoms with Gasteiger partial charge >= 0.3 is 0 Å². The van der Waals surface area contributed by atoms with Crippen molar-refractivity contribution in [2.24, 2.45) is 40.6 Å². The Morgan fingerprint density at radius 1 is 1.06 bits per heavy atom. The summed E-state index contributed by atoms with van der Waals surface area (Å²) in [7, 11) is 0. The lowest BCUT2D eigenvalue weighted by Crippen LogP contribution is -2.40. The molecule has 2 aromatic rings. The van der Waals surface area contributed by atoms with Gasteiger partial charge in [-0.2, -0.15) is 10.1 Å². The number of amides is 2. The van der Waals surface area contributed by atoms with Crippen LogP contribution in [0.5, 0.6) is 11.5 Å². The summed E-state index contributed by atoms with van der Waals surface area (Å²) in [6.07, 6.45) is 7.06. The standard InChI is InChI=1S/C27H24BrIN2O4/c1-2-34-22-10-15(9-21(29)25(22)35-13-14-3-5-16(28)6-4-14)12-30-31-26(32)23-17-7-8-18(20-11-19(17)20)24(23)27(31)33/h3-10,12,17-20,23-24H,2,11,13H2,1H3/b30-12-/t17-,18-,19-,20-,23-,24+/m0/s1. The highest BCUT2D eigenvalue weighted by Crippen LogP contribution is 2.65. The quantitative estimate of drug-likeness (QED) is 0.174. The molecule has 0 unspecified atom stereocenters. The van der Waals surface area contributed by atoms with E-state index in [9.17, 15) is 9.59 Å². The van der Waals surface area contributed by atoms with Crippen LogP contribution in [-0.4, -0.2) is 29.6 Å². The summed E-state index contributed by atoms with van der Waals surface area (Å²) in [6.45, 7) is 2.81. The number of benzene rings is 2. The van der Waals surface area contributed by atoms with Crippen molar-refractivity contribution in [3.05, 3.63) is 67.7 Å². The highest BCUT2D eigenvalue weighted by Gasteiger charge is 2.67. The molecule has 2 aromatic carbocycles. The maximum absolute atomic E-state index is 13.2. The van der Waals surface area contributed by atoms with E-state index in [0.717, 1.165) is 30.6 Å². The number of nitrogens with zero attached hydrogens (tertiary/aromatic N) is 2. The molecule has 7 rings (SSSR count). The molecule has 2 saturated carbocycles. The van der Waals surface area contributed by atoms with E-state index in [0.29, 0.717) is 36.5 Å². The predicted octanol–water partition coefficient (Wildman–Crippen LogP) is 5.42. The number of carbonyl (C=O) groups is 2. The fourth-order valence-corrected chi connectivity index (χ4v) is 7.03. The lowest BCUT2D eigenvalue weighted by atomic mass is 9.63. The van der Waals surface area contributed by atoms with Crippen LogP contribution in [0.15, 0.2) is 58.1 Å². The third-order valence-electron chi connectivity index (χ3n) is 7.59. The minimum atomic E-state index is -0.244. The molecular weight excluding hydrogens is 623 g/mol. The number of allylic oxidation sites excluding steroid dienone is 2. The minimum Gasteiger partial charge on any atom is -0.490 e. The molecule has 1 heterocycles. The van der Waals surface area contributed by atoms with Gasteiger partial charge in [0.15, 0.2) is 11.5 Å². The highest BCUT2D eigenvalue weighted by molar-refractivity contribution is 14.1. The van der Waals surface area contributed by atoms with Gasteiger partial charge < -0.3 is 9.47 Å². The van der Waals surface area contributed by atoms with Gasteiger partial charge in [-0.25, -0.2) is 0 Å². The van der Waals surface area contributed by atoms with Crippen LogP contribution in [0, 0.1) is 39.1 Å². The van der Waals surface area contributed by atoms with Crippen molar-refractivity contribution in [3.8, 4) is 11.5 Å². The zero-order valence-electron chi connectivity index (χ0n) is 19.1. The Labute approximate surface area is 226 Å². The zero-order chi connectivity index (χ0) is 24.3. The van der Waals surface area contributed by atoms with E-state index in [1.807, 2.05) is 43.3 Å². The second kappa shape index (κ2) is 9.03. The van der Waals surface area contributed by atoms with E-state index < -0.39 is 0 Å². The number of rotatable bonds is 7. The molecule has 2 bridgehead atoms. The predicted molar refractivity (Wildman–Crippen MR) is 143 cm³/mol. The van der Waals surface area contributed by atoms with Crippen LogP contribution in [-0.2, 0) is 16.2 Å². The van der Waals surface area contributed by atoms with E-state index in [-0.39, 0.29) is 35.5 Å². The zero-order valence-corrected chi connectivity index (χ0v) is 22.8. The first-order valence-corrected chi connectivity index (χ1v) is 13.8. The number of hydrogen-bond donors (Lipinski definition) is 0. The summed E-state index contributed by atoms with van der Waals surface area (Å²) in [6, 6.07) is 11.7. The van der Waals surface area contributed by atoms with E-state index in [1.54, 1.807) is 6.21 Å². The molecule has 0 N–H and O–H groups in total. The first kappa shape index (κ1) is 23.2. The van der Waals surface area contributed by atoms with Crippen LogP contribution in [0.3, 0.4) is 0 Å². The number of imide groups is 1. The molecule has 0 aromatic heterocycles. The molecule has 35 heavy (non-hydrogen) atoms. The van der Waals surface area contributed by atoms with Gasteiger partial charge in [-0.05, 0) is 95.0 Å². The minimum absolute atomic E-state index is 0.157. The Balaban J connectivity index is 1.21. The topological polar surface area (TPSA) is 68.2 Å². The van der Waals surface area contributed by atoms with Gasteiger partial charge in [0.25, 0.3) is 11.8 Å². The number of carbonyl (C=O) groups excluding carboxylic acids is 2. The van der Waals surface area contributed by atoms with Crippen LogP contribution >= 0.6 is 38.5 Å². The van der Waals surface area contributed by atoms with Gasteiger partial charge in [-0.15, -0.1) is 0 Å². The summed E-state index contributed by atoms with van der Waals surface area (Å²) in [5.41, 5.74) is 1.79. The molecule has 0 radical (unpaired) electrons. The van der Waals surface area contributed by atoms with Crippen LogP contribution in [0.2, 0.25) is 0 Å². The van der Waals surface area contributed by atoms with Gasteiger partial charge in [0.1, 0.15) is 6.61 Å². The fourth-order valence-electron chi connectivity index (χ4n) is 5.98. The molecule has 4 aliphatic carbocycles. The van der Waals surface area contributed by atoms with E-state index in [1.165, 1.54) is 0 Å². The molecule has 5 aliphatic rings. The molecule has 2 amide bonds. The Hall–Kier alpha value is -2.20. The van der Waals surface area contributed by atoms with Crippen molar-refractivity contribution in [1.82, 2.24) is 5.01 Å². The van der Waals surface area contributed by atoms with Gasteiger partial charge in [0, 0.05) is 4.47 Å². The van der Waals surface area contributed by atoms with Crippen molar-refractivity contribution >= 4 is 56.5 Å². The van der Waals surface area contributed by atoms with E-state index in [4.69, 9.17) is 9.47 Å². The van der Waals surface area contributed by atoms with Gasteiger partial charge in [0.05, 0.1) is 28.2 Å².